The van der Waals surface area contributed by atoms with Crippen LogP contribution >= 0.6 is 0 Å². The average molecular weight is 165 g/mol. The van der Waals surface area contributed by atoms with E-state index in [9.17, 15) is 4.79 Å². The van der Waals surface area contributed by atoms with Gasteiger partial charge in [-0.2, -0.15) is 0 Å². The number of carbonyl (C=O) groups excluding carboxylic acids is 1. The van der Waals surface area contributed by atoms with Crippen LogP contribution < -0.4 is 5.32 Å². The highest BCUT2D eigenvalue weighted by Gasteiger charge is 1.99. The van der Waals surface area contributed by atoms with Crippen molar-refractivity contribution in [3.63, 3.8) is 0 Å². The molecule has 0 heterocycles. The largest absolute Gasteiger partial charge is 0.355 e. The summed E-state index contributed by atoms with van der Waals surface area (Å²) in [6, 6.07) is 0. The maximum absolute atomic E-state index is 11.0. The maximum Gasteiger partial charge on any atom is 0.250 e. The first-order chi connectivity index (χ1) is 5.61. The van der Waals surface area contributed by atoms with E-state index >= 15 is 0 Å². The van der Waals surface area contributed by atoms with Gasteiger partial charge in [0.25, 0.3) is 0 Å². The lowest BCUT2D eigenvalue weighted by molar-refractivity contribution is -0.116. The summed E-state index contributed by atoms with van der Waals surface area (Å²) in [5, 5.41) is 2.51. The van der Waals surface area contributed by atoms with Crippen molar-refractivity contribution in [1.29, 1.82) is 0 Å². The Morgan fingerprint density at radius 2 is 2.08 bits per heavy atom. The highest BCUT2D eigenvalue weighted by molar-refractivity contribution is 5.95. The monoisotopic (exact) mass is 165 g/mol. The number of carbonyl (C=O) groups is 1. The van der Waals surface area contributed by atoms with Gasteiger partial charge in [-0.1, -0.05) is 24.3 Å². The van der Waals surface area contributed by atoms with E-state index in [1.807, 2.05) is 26.0 Å². The fourth-order valence-corrected chi connectivity index (χ4v) is 0.812. The second kappa shape index (κ2) is 5.35. The molecular weight excluding hydrogens is 150 g/mol. The minimum Gasteiger partial charge on any atom is -0.355 e. The van der Waals surface area contributed by atoms with Gasteiger partial charge in [0, 0.05) is 12.6 Å². The predicted molar refractivity (Wildman–Crippen MR) is 51.8 cm³/mol. The van der Waals surface area contributed by atoms with E-state index in [2.05, 4.69) is 11.9 Å². The van der Waals surface area contributed by atoms with Crippen molar-refractivity contribution in [3.05, 3.63) is 36.0 Å². The van der Waals surface area contributed by atoms with Crippen LogP contribution in [0.25, 0.3) is 0 Å². The average Bonchev–Trinajstić information content (AvgIpc) is 2.03. The summed E-state index contributed by atoms with van der Waals surface area (Å²) in [6.45, 7) is 7.48. The van der Waals surface area contributed by atoms with Crippen LogP contribution in [0.1, 0.15) is 13.8 Å². The molecule has 0 saturated heterocycles. The number of nitrogens with one attached hydrogen (secondary N) is 1. The molecule has 0 rings (SSSR count). The first kappa shape index (κ1) is 10.7. The van der Waals surface area contributed by atoms with Gasteiger partial charge in [0.1, 0.15) is 0 Å². The maximum atomic E-state index is 11.0. The number of hydrogen-bond donors (Lipinski definition) is 1. The third kappa shape index (κ3) is 3.76. The van der Waals surface area contributed by atoms with E-state index in [0.717, 1.165) is 5.57 Å². The van der Waals surface area contributed by atoms with Gasteiger partial charge >= 0.3 is 0 Å². The third-order valence-electron chi connectivity index (χ3n) is 1.35. The van der Waals surface area contributed by atoms with Crippen LogP contribution in [-0.4, -0.2) is 13.0 Å². The Hall–Kier alpha value is -1.31. The van der Waals surface area contributed by atoms with E-state index in [0.29, 0.717) is 5.57 Å². The van der Waals surface area contributed by atoms with Gasteiger partial charge in [-0.15, -0.1) is 0 Å². The fourth-order valence-electron chi connectivity index (χ4n) is 0.812. The normalized spacial score (nSPS) is 11.8. The topological polar surface area (TPSA) is 29.1 Å². The number of hydrogen-bond acceptors (Lipinski definition) is 1. The molecule has 0 aliphatic rings. The molecule has 12 heavy (non-hydrogen) atoms. The zero-order chi connectivity index (χ0) is 9.56. The number of likely N-dealkylation sites (N-methyl/N-ethyl adjacent to an activating group) is 1. The summed E-state index contributed by atoms with van der Waals surface area (Å²) in [6.07, 6.45) is 5.59. The van der Waals surface area contributed by atoms with Crippen molar-refractivity contribution in [2.75, 3.05) is 7.05 Å². The van der Waals surface area contributed by atoms with Crippen molar-refractivity contribution in [1.82, 2.24) is 5.32 Å². The molecular formula is C10H15NO. The van der Waals surface area contributed by atoms with Crippen LogP contribution in [0.3, 0.4) is 0 Å². The molecule has 0 saturated carbocycles. The molecule has 0 aromatic heterocycles. The summed E-state index contributed by atoms with van der Waals surface area (Å²) >= 11 is 0. The molecule has 0 aromatic carbocycles. The molecule has 0 aliphatic carbocycles. The smallest absolute Gasteiger partial charge is 0.250 e. The molecule has 1 N–H and O–H groups in total. The molecule has 0 bridgehead atoms. The highest BCUT2D eigenvalue weighted by atomic mass is 16.1. The lowest BCUT2D eigenvalue weighted by Gasteiger charge is -1.98. The van der Waals surface area contributed by atoms with Crippen LogP contribution in [0.5, 0.6) is 0 Å². The van der Waals surface area contributed by atoms with Gasteiger partial charge in [0.05, 0.1) is 0 Å². The molecule has 66 valence electrons. The molecule has 0 fully saturated rings. The Labute approximate surface area is 73.7 Å². The lowest BCUT2D eigenvalue weighted by Crippen LogP contribution is -2.18. The van der Waals surface area contributed by atoms with Crippen LogP contribution in [0.2, 0.25) is 0 Å². The summed E-state index contributed by atoms with van der Waals surface area (Å²) in [5.74, 6) is -0.140. The Morgan fingerprint density at radius 1 is 1.50 bits per heavy atom. The van der Waals surface area contributed by atoms with Gasteiger partial charge < -0.3 is 5.32 Å². The standard InChI is InChI=1S/C10H15NO/c1-5-6-8(2)7-9(3)10(12)11-4/h5-7H,3H2,1-2,4H3,(H,11,12)/b6-5-,8-7-. The SMILES string of the molecule is C=C(/C=C(C)\C=C/C)C(=O)NC. The minimum absolute atomic E-state index is 0.140. The van der Waals surface area contributed by atoms with Crippen molar-refractivity contribution in [2.24, 2.45) is 0 Å². The van der Waals surface area contributed by atoms with Crippen LogP contribution in [0.4, 0.5) is 0 Å². The third-order valence-corrected chi connectivity index (χ3v) is 1.35. The Bertz CT molecular complexity index is 236. The number of rotatable bonds is 3. The van der Waals surface area contributed by atoms with Gasteiger partial charge in [0.15, 0.2) is 0 Å². The molecule has 2 nitrogen and oxygen atoms in total. The highest BCUT2D eigenvalue weighted by Crippen LogP contribution is 2.01. The van der Waals surface area contributed by atoms with Crippen LogP contribution in [0, 0.1) is 0 Å². The van der Waals surface area contributed by atoms with E-state index in [1.165, 1.54) is 0 Å². The zero-order valence-corrected chi connectivity index (χ0v) is 7.85. The number of allylic oxidation sites excluding steroid dienone is 3. The summed E-state index contributed by atoms with van der Waals surface area (Å²) in [5.41, 5.74) is 1.50. The van der Waals surface area contributed by atoms with E-state index in [1.54, 1.807) is 13.1 Å². The minimum atomic E-state index is -0.140. The van der Waals surface area contributed by atoms with Gasteiger partial charge in [0.2, 0.25) is 5.91 Å². The van der Waals surface area contributed by atoms with Crippen molar-refractivity contribution >= 4 is 5.91 Å². The second-order valence-corrected chi connectivity index (χ2v) is 2.49. The Morgan fingerprint density at radius 3 is 2.50 bits per heavy atom. The van der Waals surface area contributed by atoms with Crippen LogP contribution in [0.15, 0.2) is 36.0 Å². The van der Waals surface area contributed by atoms with Crippen molar-refractivity contribution in [3.8, 4) is 0 Å². The molecule has 0 radical (unpaired) electrons. The quantitative estimate of drug-likeness (QED) is 0.501. The molecule has 1 amide bonds. The molecule has 0 spiro atoms. The molecule has 2 heteroatoms. The first-order valence-corrected chi connectivity index (χ1v) is 3.83. The Balaban J connectivity index is 4.33. The van der Waals surface area contributed by atoms with E-state index < -0.39 is 0 Å². The number of amides is 1. The zero-order valence-electron chi connectivity index (χ0n) is 7.85. The van der Waals surface area contributed by atoms with Crippen LogP contribution in [-0.2, 0) is 4.79 Å². The lowest BCUT2D eigenvalue weighted by atomic mass is 10.2. The molecule has 0 aromatic rings. The van der Waals surface area contributed by atoms with Gasteiger partial charge in [-0.05, 0) is 19.9 Å². The Kier molecular flexibility index (Phi) is 4.77. The summed E-state index contributed by atoms with van der Waals surface area (Å²) < 4.78 is 0. The van der Waals surface area contributed by atoms with Gasteiger partial charge in [-0.3, -0.25) is 4.79 Å². The first-order valence-electron chi connectivity index (χ1n) is 3.83. The van der Waals surface area contributed by atoms with E-state index in [4.69, 9.17) is 0 Å². The second-order valence-electron chi connectivity index (χ2n) is 2.49. The van der Waals surface area contributed by atoms with Crippen molar-refractivity contribution < 1.29 is 4.79 Å². The van der Waals surface area contributed by atoms with E-state index in [-0.39, 0.29) is 5.91 Å². The fraction of sp³-hybridized carbons (Fsp3) is 0.300. The predicted octanol–water partition coefficient (Wildman–Crippen LogP) is 1.81. The van der Waals surface area contributed by atoms with Crippen molar-refractivity contribution in [2.45, 2.75) is 13.8 Å². The summed E-state index contributed by atoms with van der Waals surface area (Å²) in [7, 11) is 1.59. The molecule has 0 aliphatic heterocycles. The molecule has 0 atom stereocenters. The van der Waals surface area contributed by atoms with Gasteiger partial charge in [-0.25, -0.2) is 0 Å². The molecule has 0 unspecified atom stereocenters. The summed E-state index contributed by atoms with van der Waals surface area (Å²) in [4.78, 5) is 11.0.